The number of carbonyl (C=O) groups is 2. The highest BCUT2D eigenvalue weighted by molar-refractivity contribution is 5.92. The lowest BCUT2D eigenvalue weighted by atomic mass is 9.99. The van der Waals surface area contributed by atoms with Crippen molar-refractivity contribution in [3.8, 4) is 0 Å². The van der Waals surface area contributed by atoms with E-state index in [4.69, 9.17) is 0 Å². The van der Waals surface area contributed by atoms with E-state index < -0.39 is 0 Å². The van der Waals surface area contributed by atoms with Crippen LogP contribution < -0.4 is 5.32 Å². The molecule has 1 heterocycles. The molecule has 19 heavy (non-hydrogen) atoms. The first-order chi connectivity index (χ1) is 9.20. The quantitative estimate of drug-likeness (QED) is 0.840. The van der Waals surface area contributed by atoms with Crippen molar-refractivity contribution in [2.24, 2.45) is 11.8 Å². The largest absolute Gasteiger partial charge is 0.353 e. The summed E-state index contributed by atoms with van der Waals surface area (Å²) in [6, 6.07) is 0.816. The van der Waals surface area contributed by atoms with Crippen molar-refractivity contribution in [3.05, 3.63) is 0 Å². The molecule has 0 spiro atoms. The van der Waals surface area contributed by atoms with Gasteiger partial charge in [-0.15, -0.1) is 0 Å². The van der Waals surface area contributed by atoms with E-state index in [1.54, 1.807) is 0 Å². The molecule has 2 amide bonds. The van der Waals surface area contributed by atoms with E-state index in [9.17, 15) is 9.59 Å². The molecule has 4 heteroatoms. The standard InChI is InChI=1S/C15H24N2O2/c1-2-11-5-3-4-8-17(11)15(19)13-9-12(13)14(18)16-10-6-7-10/h10-13H,2-9H2,1H3,(H,16,18). The number of hydrogen-bond donors (Lipinski definition) is 1. The van der Waals surface area contributed by atoms with Crippen LogP contribution in [-0.2, 0) is 9.59 Å². The Morgan fingerprint density at radius 3 is 2.63 bits per heavy atom. The lowest BCUT2D eigenvalue weighted by Gasteiger charge is -2.35. The van der Waals surface area contributed by atoms with Crippen LogP contribution in [0.15, 0.2) is 0 Å². The Morgan fingerprint density at radius 1 is 1.16 bits per heavy atom. The van der Waals surface area contributed by atoms with Gasteiger partial charge in [0.2, 0.25) is 11.8 Å². The minimum atomic E-state index is -0.0347. The Kier molecular flexibility index (Phi) is 3.50. The van der Waals surface area contributed by atoms with Gasteiger partial charge in [0, 0.05) is 18.6 Å². The molecular weight excluding hydrogens is 240 g/mol. The SMILES string of the molecule is CCC1CCCCN1C(=O)C1CC1C(=O)NC1CC1. The number of nitrogens with one attached hydrogen (secondary N) is 1. The van der Waals surface area contributed by atoms with Crippen molar-refractivity contribution in [3.63, 3.8) is 0 Å². The van der Waals surface area contributed by atoms with Crippen molar-refractivity contribution in [2.75, 3.05) is 6.54 Å². The predicted molar refractivity (Wildman–Crippen MR) is 72.4 cm³/mol. The average Bonchev–Trinajstić information content (AvgIpc) is 3.30. The first-order valence-corrected chi connectivity index (χ1v) is 7.81. The van der Waals surface area contributed by atoms with E-state index in [-0.39, 0.29) is 23.7 Å². The summed E-state index contributed by atoms with van der Waals surface area (Å²) in [5.74, 6) is 0.298. The molecule has 0 bridgehead atoms. The highest BCUT2D eigenvalue weighted by Gasteiger charge is 2.51. The normalized spacial score (nSPS) is 33.9. The number of nitrogens with zero attached hydrogens (tertiary/aromatic N) is 1. The van der Waals surface area contributed by atoms with Crippen molar-refractivity contribution >= 4 is 11.8 Å². The highest BCUT2D eigenvalue weighted by Crippen LogP contribution is 2.42. The molecule has 3 atom stereocenters. The third kappa shape index (κ3) is 2.77. The van der Waals surface area contributed by atoms with Crippen LogP contribution in [0.1, 0.15) is 51.9 Å². The second kappa shape index (κ2) is 5.14. The molecule has 0 aromatic heterocycles. The topological polar surface area (TPSA) is 49.4 Å². The lowest BCUT2D eigenvalue weighted by molar-refractivity contribution is -0.138. The van der Waals surface area contributed by atoms with Crippen molar-refractivity contribution in [2.45, 2.75) is 64.0 Å². The molecule has 106 valence electrons. The molecule has 0 aromatic rings. The summed E-state index contributed by atoms with van der Waals surface area (Å²) < 4.78 is 0. The Hall–Kier alpha value is -1.06. The lowest BCUT2D eigenvalue weighted by Crippen LogP contribution is -2.44. The van der Waals surface area contributed by atoms with Crippen LogP contribution >= 0.6 is 0 Å². The monoisotopic (exact) mass is 264 g/mol. The summed E-state index contributed by atoms with van der Waals surface area (Å²) in [5.41, 5.74) is 0. The van der Waals surface area contributed by atoms with Gasteiger partial charge in [-0.1, -0.05) is 6.92 Å². The fraction of sp³-hybridized carbons (Fsp3) is 0.867. The summed E-state index contributed by atoms with van der Waals surface area (Å²) in [6.45, 7) is 3.05. The summed E-state index contributed by atoms with van der Waals surface area (Å²) in [5, 5.41) is 3.02. The van der Waals surface area contributed by atoms with Gasteiger partial charge >= 0.3 is 0 Å². The van der Waals surface area contributed by atoms with Gasteiger partial charge in [0.15, 0.2) is 0 Å². The van der Waals surface area contributed by atoms with Gasteiger partial charge in [-0.05, 0) is 44.9 Å². The van der Waals surface area contributed by atoms with Gasteiger partial charge < -0.3 is 10.2 Å². The third-order valence-corrected chi connectivity index (χ3v) is 4.75. The summed E-state index contributed by atoms with van der Waals surface area (Å²) >= 11 is 0. The zero-order chi connectivity index (χ0) is 13.4. The third-order valence-electron chi connectivity index (χ3n) is 4.75. The van der Waals surface area contributed by atoms with Crippen LogP contribution in [0.5, 0.6) is 0 Å². The molecule has 2 aliphatic carbocycles. The Morgan fingerprint density at radius 2 is 1.95 bits per heavy atom. The van der Waals surface area contributed by atoms with Crippen LogP contribution in [0, 0.1) is 11.8 Å². The number of amides is 2. The smallest absolute Gasteiger partial charge is 0.226 e. The molecule has 3 unspecified atom stereocenters. The van der Waals surface area contributed by atoms with E-state index >= 15 is 0 Å². The maximum atomic E-state index is 12.5. The van der Waals surface area contributed by atoms with Crippen LogP contribution in [0.25, 0.3) is 0 Å². The maximum Gasteiger partial charge on any atom is 0.226 e. The summed E-state index contributed by atoms with van der Waals surface area (Å²) in [6.07, 6.45) is 7.52. The van der Waals surface area contributed by atoms with E-state index in [1.807, 2.05) is 0 Å². The van der Waals surface area contributed by atoms with Crippen LogP contribution in [0.4, 0.5) is 0 Å². The maximum absolute atomic E-state index is 12.5. The predicted octanol–water partition coefficient (Wildman–Crippen LogP) is 1.69. The average molecular weight is 264 g/mol. The van der Waals surface area contributed by atoms with E-state index in [0.29, 0.717) is 12.1 Å². The zero-order valence-corrected chi connectivity index (χ0v) is 11.7. The fourth-order valence-corrected chi connectivity index (χ4v) is 3.22. The van der Waals surface area contributed by atoms with Crippen molar-refractivity contribution in [1.29, 1.82) is 0 Å². The first kappa shape index (κ1) is 12.9. The number of likely N-dealkylation sites (tertiary alicyclic amines) is 1. The summed E-state index contributed by atoms with van der Waals surface area (Å²) in [4.78, 5) is 26.5. The van der Waals surface area contributed by atoms with E-state index in [2.05, 4.69) is 17.1 Å². The van der Waals surface area contributed by atoms with Gasteiger partial charge in [-0.2, -0.15) is 0 Å². The molecule has 4 nitrogen and oxygen atoms in total. The molecule has 3 fully saturated rings. The second-order valence-electron chi connectivity index (χ2n) is 6.32. The van der Waals surface area contributed by atoms with E-state index in [0.717, 1.165) is 45.1 Å². The van der Waals surface area contributed by atoms with Crippen molar-refractivity contribution in [1.82, 2.24) is 10.2 Å². The minimum Gasteiger partial charge on any atom is -0.353 e. The molecule has 1 saturated heterocycles. The number of rotatable bonds is 4. The molecule has 0 aromatic carbocycles. The van der Waals surface area contributed by atoms with Gasteiger partial charge in [-0.3, -0.25) is 9.59 Å². The number of carbonyl (C=O) groups excluding carboxylic acids is 2. The Balaban J connectivity index is 1.54. The van der Waals surface area contributed by atoms with Crippen LogP contribution in [0.3, 0.4) is 0 Å². The Labute approximate surface area is 114 Å². The van der Waals surface area contributed by atoms with Crippen molar-refractivity contribution < 1.29 is 9.59 Å². The molecule has 2 saturated carbocycles. The molecule has 0 radical (unpaired) electrons. The Bertz CT molecular complexity index is 378. The zero-order valence-electron chi connectivity index (χ0n) is 11.7. The molecule has 1 N–H and O–H groups in total. The summed E-state index contributed by atoms with van der Waals surface area (Å²) in [7, 11) is 0. The molecular formula is C15H24N2O2. The van der Waals surface area contributed by atoms with Gasteiger partial charge in [-0.25, -0.2) is 0 Å². The fourth-order valence-electron chi connectivity index (χ4n) is 3.22. The van der Waals surface area contributed by atoms with Crippen LogP contribution in [0.2, 0.25) is 0 Å². The highest BCUT2D eigenvalue weighted by atomic mass is 16.2. The van der Waals surface area contributed by atoms with Gasteiger partial charge in [0.1, 0.15) is 0 Å². The first-order valence-electron chi connectivity index (χ1n) is 7.81. The van der Waals surface area contributed by atoms with Crippen LogP contribution in [-0.4, -0.2) is 35.3 Å². The second-order valence-corrected chi connectivity index (χ2v) is 6.32. The molecule has 3 aliphatic rings. The number of piperidine rings is 1. The number of hydrogen-bond acceptors (Lipinski definition) is 2. The molecule has 1 aliphatic heterocycles. The van der Waals surface area contributed by atoms with E-state index in [1.165, 1.54) is 6.42 Å². The van der Waals surface area contributed by atoms with Gasteiger partial charge in [0.25, 0.3) is 0 Å². The minimum absolute atomic E-state index is 0.0223. The van der Waals surface area contributed by atoms with Gasteiger partial charge in [0.05, 0.1) is 11.8 Å². The molecule has 3 rings (SSSR count).